The first-order chi connectivity index (χ1) is 8.10. The highest BCUT2D eigenvalue weighted by Crippen LogP contribution is 2.16. The van der Waals surface area contributed by atoms with Gasteiger partial charge in [0.2, 0.25) is 0 Å². The molecule has 0 aliphatic rings. The summed E-state index contributed by atoms with van der Waals surface area (Å²) in [5, 5.41) is 26.0. The van der Waals surface area contributed by atoms with Crippen LogP contribution < -0.4 is 0 Å². The number of nitrogens with zero attached hydrogens (tertiary/aromatic N) is 3. The molecule has 6 heteroatoms. The quantitative estimate of drug-likeness (QED) is 0.789. The van der Waals surface area contributed by atoms with Gasteiger partial charge in [-0.15, -0.1) is 0 Å². The number of carbonyl (C=O) groups excluding carboxylic acids is 1. The number of rotatable bonds is 3. The molecule has 0 bridgehead atoms. The molecule has 0 aliphatic carbocycles. The normalized spacial score (nSPS) is 9.12. The smallest absolute Gasteiger partial charge is 0.258 e. The van der Waals surface area contributed by atoms with Crippen LogP contribution in [-0.4, -0.2) is 29.0 Å². The van der Waals surface area contributed by atoms with Crippen molar-refractivity contribution in [2.75, 3.05) is 13.1 Å². The Balaban J connectivity index is 3.02. The lowest BCUT2D eigenvalue weighted by Crippen LogP contribution is -2.32. The van der Waals surface area contributed by atoms with Gasteiger partial charge in [-0.25, -0.2) is 4.39 Å². The standard InChI is InChI=1S/C11H8FN3O2/c12-10-7-8(16)1-2-9(10)11(17)15(5-3-13)6-4-14/h1-2,7,16H,5-6H2. The number of benzene rings is 1. The molecule has 17 heavy (non-hydrogen) atoms. The molecule has 0 spiro atoms. The first kappa shape index (κ1) is 12.5. The van der Waals surface area contributed by atoms with Crippen molar-refractivity contribution in [1.29, 1.82) is 10.5 Å². The van der Waals surface area contributed by atoms with Gasteiger partial charge in [-0.2, -0.15) is 10.5 Å². The van der Waals surface area contributed by atoms with Crippen molar-refractivity contribution in [3.05, 3.63) is 29.6 Å². The van der Waals surface area contributed by atoms with E-state index in [2.05, 4.69) is 0 Å². The van der Waals surface area contributed by atoms with Gasteiger partial charge in [-0.3, -0.25) is 4.79 Å². The Bertz CT molecular complexity index is 500. The number of nitriles is 2. The second-order valence-electron chi connectivity index (χ2n) is 3.14. The number of aromatic hydroxyl groups is 1. The number of amides is 1. The molecule has 0 aliphatic heterocycles. The third-order valence-electron chi connectivity index (χ3n) is 1.99. The van der Waals surface area contributed by atoms with E-state index in [4.69, 9.17) is 15.6 Å². The van der Waals surface area contributed by atoms with E-state index < -0.39 is 11.7 Å². The number of halogens is 1. The SMILES string of the molecule is N#CCN(CC#N)C(=O)c1ccc(O)cc1F. The average Bonchev–Trinajstić information content (AvgIpc) is 2.28. The maximum Gasteiger partial charge on any atom is 0.258 e. The highest BCUT2D eigenvalue weighted by molar-refractivity contribution is 5.94. The van der Waals surface area contributed by atoms with Gasteiger partial charge >= 0.3 is 0 Å². The summed E-state index contributed by atoms with van der Waals surface area (Å²) in [7, 11) is 0. The highest BCUT2D eigenvalue weighted by atomic mass is 19.1. The third-order valence-corrected chi connectivity index (χ3v) is 1.99. The lowest BCUT2D eigenvalue weighted by atomic mass is 10.1. The molecule has 0 saturated carbocycles. The summed E-state index contributed by atoms with van der Waals surface area (Å²) in [5.41, 5.74) is -0.284. The molecule has 1 N–H and O–H groups in total. The van der Waals surface area contributed by atoms with Crippen LogP contribution in [0.4, 0.5) is 4.39 Å². The molecule has 0 unspecified atom stereocenters. The van der Waals surface area contributed by atoms with E-state index >= 15 is 0 Å². The molecule has 1 aromatic rings. The molecule has 1 aromatic carbocycles. The molecule has 0 heterocycles. The van der Waals surface area contributed by atoms with Gasteiger partial charge in [0.15, 0.2) is 0 Å². The number of phenolic OH excluding ortho intramolecular Hbond substituents is 1. The van der Waals surface area contributed by atoms with Crippen LogP contribution in [0.5, 0.6) is 5.75 Å². The molecular weight excluding hydrogens is 225 g/mol. The van der Waals surface area contributed by atoms with Crippen LogP contribution in [0.3, 0.4) is 0 Å². The van der Waals surface area contributed by atoms with E-state index in [9.17, 15) is 9.18 Å². The van der Waals surface area contributed by atoms with Crippen molar-refractivity contribution in [1.82, 2.24) is 4.90 Å². The lowest BCUT2D eigenvalue weighted by molar-refractivity contribution is 0.0790. The topological polar surface area (TPSA) is 88.1 Å². The minimum absolute atomic E-state index is 0.284. The molecule has 0 fully saturated rings. The number of carbonyl (C=O) groups is 1. The molecule has 0 saturated heterocycles. The fourth-order valence-electron chi connectivity index (χ4n) is 1.22. The van der Waals surface area contributed by atoms with Gasteiger partial charge in [0.05, 0.1) is 17.7 Å². The van der Waals surface area contributed by atoms with Crippen molar-refractivity contribution >= 4 is 5.91 Å². The third kappa shape index (κ3) is 2.93. The van der Waals surface area contributed by atoms with E-state index in [1.807, 2.05) is 0 Å². The van der Waals surface area contributed by atoms with Gasteiger partial charge in [-0.1, -0.05) is 0 Å². The van der Waals surface area contributed by atoms with Crippen LogP contribution in [0, 0.1) is 28.5 Å². The average molecular weight is 233 g/mol. The van der Waals surface area contributed by atoms with Crippen LogP contribution in [0.15, 0.2) is 18.2 Å². The Morgan fingerprint density at radius 1 is 1.35 bits per heavy atom. The molecular formula is C11H8FN3O2. The summed E-state index contributed by atoms with van der Waals surface area (Å²) in [5.74, 6) is -1.95. The largest absolute Gasteiger partial charge is 0.508 e. The van der Waals surface area contributed by atoms with Gasteiger partial charge < -0.3 is 10.0 Å². The van der Waals surface area contributed by atoms with Crippen molar-refractivity contribution in [3.8, 4) is 17.9 Å². The van der Waals surface area contributed by atoms with E-state index in [-0.39, 0.29) is 24.4 Å². The van der Waals surface area contributed by atoms with E-state index in [0.717, 1.165) is 23.1 Å². The van der Waals surface area contributed by atoms with Crippen molar-refractivity contribution in [2.45, 2.75) is 0 Å². The number of hydrogen-bond acceptors (Lipinski definition) is 4. The lowest BCUT2D eigenvalue weighted by Gasteiger charge is -2.16. The first-order valence-electron chi connectivity index (χ1n) is 4.62. The van der Waals surface area contributed by atoms with Crippen LogP contribution in [0.2, 0.25) is 0 Å². The van der Waals surface area contributed by atoms with Gasteiger partial charge in [0.25, 0.3) is 5.91 Å². The molecule has 86 valence electrons. The summed E-state index contributed by atoms with van der Waals surface area (Å²) in [4.78, 5) is 12.7. The predicted molar refractivity (Wildman–Crippen MR) is 55.2 cm³/mol. The fourth-order valence-corrected chi connectivity index (χ4v) is 1.22. The molecule has 1 amide bonds. The van der Waals surface area contributed by atoms with E-state index in [0.29, 0.717) is 0 Å². The predicted octanol–water partition coefficient (Wildman–Crippen LogP) is 1.02. The van der Waals surface area contributed by atoms with Crippen molar-refractivity contribution in [3.63, 3.8) is 0 Å². The zero-order valence-electron chi connectivity index (χ0n) is 8.72. The molecule has 1 rings (SSSR count). The second kappa shape index (κ2) is 5.47. The summed E-state index contributed by atoms with van der Waals surface area (Å²) in [6, 6.07) is 6.49. The summed E-state index contributed by atoms with van der Waals surface area (Å²) in [6.45, 7) is -0.598. The minimum atomic E-state index is -0.893. The first-order valence-corrected chi connectivity index (χ1v) is 4.62. The van der Waals surface area contributed by atoms with Crippen LogP contribution in [0.1, 0.15) is 10.4 Å². The van der Waals surface area contributed by atoms with E-state index in [1.54, 1.807) is 12.1 Å². The molecule has 0 atom stereocenters. The van der Waals surface area contributed by atoms with Crippen molar-refractivity contribution < 1.29 is 14.3 Å². The van der Waals surface area contributed by atoms with Gasteiger partial charge in [-0.05, 0) is 12.1 Å². The minimum Gasteiger partial charge on any atom is -0.508 e. The zero-order valence-corrected chi connectivity index (χ0v) is 8.72. The maximum absolute atomic E-state index is 13.4. The number of phenols is 1. The Kier molecular flexibility index (Phi) is 4.02. The summed E-state index contributed by atoms with van der Waals surface area (Å²) >= 11 is 0. The fraction of sp³-hybridized carbons (Fsp3) is 0.182. The Morgan fingerprint density at radius 2 is 1.94 bits per heavy atom. The summed E-state index contributed by atoms with van der Waals surface area (Å²) < 4.78 is 13.4. The number of hydrogen-bond donors (Lipinski definition) is 1. The van der Waals surface area contributed by atoms with Gasteiger partial charge in [0, 0.05) is 6.07 Å². The van der Waals surface area contributed by atoms with Crippen LogP contribution >= 0.6 is 0 Å². The second-order valence-corrected chi connectivity index (χ2v) is 3.14. The Labute approximate surface area is 96.9 Å². The van der Waals surface area contributed by atoms with Crippen molar-refractivity contribution in [2.24, 2.45) is 0 Å². The maximum atomic E-state index is 13.4. The van der Waals surface area contributed by atoms with Crippen LogP contribution in [-0.2, 0) is 0 Å². The zero-order chi connectivity index (χ0) is 12.8. The molecule has 0 radical (unpaired) electrons. The highest BCUT2D eigenvalue weighted by Gasteiger charge is 2.18. The Morgan fingerprint density at radius 3 is 2.41 bits per heavy atom. The Hall–Kier alpha value is -2.60. The monoisotopic (exact) mass is 233 g/mol. The van der Waals surface area contributed by atoms with E-state index in [1.165, 1.54) is 0 Å². The summed E-state index contributed by atoms with van der Waals surface area (Å²) in [6.07, 6.45) is 0. The van der Waals surface area contributed by atoms with Crippen LogP contribution in [0.25, 0.3) is 0 Å². The molecule has 5 nitrogen and oxygen atoms in total. The van der Waals surface area contributed by atoms with Gasteiger partial charge in [0.1, 0.15) is 24.7 Å². The molecule has 0 aromatic heterocycles.